The second-order valence-electron chi connectivity index (χ2n) is 4.27. The van der Waals surface area contributed by atoms with E-state index in [1.807, 2.05) is 0 Å². The third-order valence-corrected chi connectivity index (χ3v) is 4.39. The lowest BCUT2D eigenvalue weighted by atomic mass is 10.2. The van der Waals surface area contributed by atoms with Crippen LogP contribution in [0.1, 0.15) is 18.9 Å². The van der Waals surface area contributed by atoms with Gasteiger partial charge in [-0.05, 0) is 24.6 Å². The van der Waals surface area contributed by atoms with Gasteiger partial charge in [0, 0.05) is 18.0 Å². The fourth-order valence-corrected chi connectivity index (χ4v) is 2.86. The van der Waals surface area contributed by atoms with Crippen LogP contribution in [0.15, 0.2) is 18.2 Å². The van der Waals surface area contributed by atoms with Crippen molar-refractivity contribution in [3.05, 3.63) is 29.6 Å². The van der Waals surface area contributed by atoms with Crippen molar-refractivity contribution in [2.45, 2.75) is 19.5 Å². The number of anilines is 1. The zero-order valence-corrected chi connectivity index (χ0v) is 11.6. The van der Waals surface area contributed by atoms with Crippen LogP contribution in [0.4, 0.5) is 23.2 Å². The molecule has 0 amide bonds. The maximum Gasteiger partial charge on any atom is 0.419 e. The first-order valence-corrected chi connectivity index (χ1v) is 7.79. The molecule has 20 heavy (non-hydrogen) atoms. The van der Waals surface area contributed by atoms with Crippen molar-refractivity contribution < 1.29 is 26.0 Å². The van der Waals surface area contributed by atoms with Gasteiger partial charge >= 0.3 is 6.18 Å². The van der Waals surface area contributed by atoms with Gasteiger partial charge < -0.3 is 5.32 Å². The minimum absolute atomic E-state index is 0.0226. The van der Waals surface area contributed by atoms with Crippen LogP contribution in [0.3, 0.4) is 0 Å². The van der Waals surface area contributed by atoms with E-state index in [1.54, 1.807) is 6.92 Å². The summed E-state index contributed by atoms with van der Waals surface area (Å²) >= 11 is 0. The Morgan fingerprint density at radius 2 is 1.85 bits per heavy atom. The summed E-state index contributed by atoms with van der Waals surface area (Å²) in [5.41, 5.74) is -1.34. The van der Waals surface area contributed by atoms with E-state index in [0.717, 1.165) is 6.07 Å². The summed E-state index contributed by atoms with van der Waals surface area (Å²) in [5, 5.41) is 2.55. The van der Waals surface area contributed by atoms with E-state index in [4.69, 9.17) is 0 Å². The standard InChI is InChI=1S/C12H15F4NO2S/c1-2-6-20(18,19)7-5-17-9-3-4-11(13)10(8-9)12(14,15)16/h3-4,8,17H,2,5-7H2,1H3. The number of rotatable bonds is 6. The van der Waals surface area contributed by atoms with Crippen molar-refractivity contribution in [1.82, 2.24) is 0 Å². The van der Waals surface area contributed by atoms with Gasteiger partial charge in [0.2, 0.25) is 0 Å². The van der Waals surface area contributed by atoms with Crippen molar-refractivity contribution in [3.8, 4) is 0 Å². The molecule has 0 unspecified atom stereocenters. The first-order valence-electron chi connectivity index (χ1n) is 5.97. The van der Waals surface area contributed by atoms with E-state index < -0.39 is 27.4 Å². The summed E-state index contributed by atoms with van der Waals surface area (Å²) in [6, 6.07) is 2.46. The molecule has 0 spiro atoms. The third-order valence-electron chi connectivity index (χ3n) is 2.53. The number of hydrogen-bond donors (Lipinski definition) is 1. The molecule has 114 valence electrons. The number of halogens is 4. The van der Waals surface area contributed by atoms with Crippen LogP contribution in [0.2, 0.25) is 0 Å². The number of sulfone groups is 1. The van der Waals surface area contributed by atoms with Crippen LogP contribution in [0, 0.1) is 5.82 Å². The van der Waals surface area contributed by atoms with Gasteiger partial charge in [-0.15, -0.1) is 0 Å². The number of nitrogens with one attached hydrogen (secondary N) is 1. The van der Waals surface area contributed by atoms with Gasteiger partial charge in [0.1, 0.15) is 5.82 Å². The highest BCUT2D eigenvalue weighted by Gasteiger charge is 2.34. The molecule has 8 heteroatoms. The van der Waals surface area contributed by atoms with Crippen LogP contribution < -0.4 is 5.32 Å². The van der Waals surface area contributed by atoms with E-state index in [2.05, 4.69) is 5.32 Å². The van der Waals surface area contributed by atoms with Gasteiger partial charge in [-0.1, -0.05) is 6.92 Å². The number of alkyl halides is 3. The third kappa shape index (κ3) is 4.99. The Bertz CT molecular complexity index is 555. The normalized spacial score (nSPS) is 12.4. The van der Waals surface area contributed by atoms with Gasteiger partial charge in [0.15, 0.2) is 9.84 Å². The molecule has 0 saturated heterocycles. The zero-order valence-electron chi connectivity index (χ0n) is 10.8. The van der Waals surface area contributed by atoms with E-state index >= 15 is 0 Å². The van der Waals surface area contributed by atoms with Crippen molar-refractivity contribution in [2.24, 2.45) is 0 Å². The molecule has 1 N–H and O–H groups in total. The van der Waals surface area contributed by atoms with Crippen molar-refractivity contribution in [1.29, 1.82) is 0 Å². The molecule has 0 heterocycles. The highest BCUT2D eigenvalue weighted by Crippen LogP contribution is 2.32. The smallest absolute Gasteiger partial charge is 0.384 e. The second-order valence-corrected chi connectivity index (χ2v) is 6.57. The van der Waals surface area contributed by atoms with Crippen molar-refractivity contribution in [3.63, 3.8) is 0 Å². The largest absolute Gasteiger partial charge is 0.419 e. The Hall–Kier alpha value is -1.31. The lowest BCUT2D eigenvalue weighted by molar-refractivity contribution is -0.139. The molecule has 0 radical (unpaired) electrons. The van der Waals surface area contributed by atoms with Crippen molar-refractivity contribution >= 4 is 15.5 Å². The summed E-state index contributed by atoms with van der Waals surface area (Å²) in [7, 11) is -3.21. The molecule has 0 atom stereocenters. The fraction of sp³-hybridized carbons (Fsp3) is 0.500. The van der Waals surface area contributed by atoms with Gasteiger partial charge in [0.05, 0.1) is 11.3 Å². The summed E-state index contributed by atoms with van der Waals surface area (Å²) < 4.78 is 73.3. The van der Waals surface area contributed by atoms with Crippen LogP contribution in [0.25, 0.3) is 0 Å². The monoisotopic (exact) mass is 313 g/mol. The van der Waals surface area contributed by atoms with Gasteiger partial charge in [-0.2, -0.15) is 13.2 Å². The Balaban J connectivity index is 2.71. The first kappa shape index (κ1) is 16.7. The van der Waals surface area contributed by atoms with Crippen molar-refractivity contribution in [2.75, 3.05) is 23.4 Å². The van der Waals surface area contributed by atoms with E-state index in [1.165, 1.54) is 0 Å². The molecule has 0 aromatic heterocycles. The van der Waals surface area contributed by atoms with Crippen LogP contribution in [0.5, 0.6) is 0 Å². The van der Waals surface area contributed by atoms with Gasteiger partial charge in [-0.3, -0.25) is 0 Å². The maximum atomic E-state index is 13.0. The minimum atomic E-state index is -4.78. The van der Waals surface area contributed by atoms with E-state index in [-0.39, 0.29) is 23.7 Å². The Morgan fingerprint density at radius 3 is 2.40 bits per heavy atom. The van der Waals surface area contributed by atoms with E-state index in [9.17, 15) is 26.0 Å². The van der Waals surface area contributed by atoms with Crippen LogP contribution in [-0.4, -0.2) is 26.5 Å². The molecule has 1 aromatic carbocycles. The molecule has 0 aliphatic rings. The Kier molecular flexibility index (Phi) is 5.38. The molecular weight excluding hydrogens is 298 g/mol. The molecule has 0 aliphatic carbocycles. The predicted octanol–water partition coefficient (Wildman–Crippen LogP) is 3.08. The lowest BCUT2D eigenvalue weighted by Gasteiger charge is -2.11. The van der Waals surface area contributed by atoms with Gasteiger partial charge in [-0.25, -0.2) is 12.8 Å². The van der Waals surface area contributed by atoms with Gasteiger partial charge in [0.25, 0.3) is 0 Å². The molecule has 1 aromatic rings. The number of hydrogen-bond acceptors (Lipinski definition) is 3. The number of benzene rings is 1. The first-order chi connectivity index (χ1) is 9.15. The SMILES string of the molecule is CCCS(=O)(=O)CCNc1ccc(F)c(C(F)(F)F)c1. The highest BCUT2D eigenvalue weighted by atomic mass is 32.2. The molecule has 0 bridgehead atoms. The fourth-order valence-electron chi connectivity index (χ4n) is 1.62. The van der Waals surface area contributed by atoms with Crippen LogP contribution in [-0.2, 0) is 16.0 Å². The minimum Gasteiger partial charge on any atom is -0.384 e. The quantitative estimate of drug-likeness (QED) is 0.821. The van der Waals surface area contributed by atoms with Crippen LogP contribution >= 0.6 is 0 Å². The topological polar surface area (TPSA) is 46.2 Å². The molecule has 3 nitrogen and oxygen atoms in total. The maximum absolute atomic E-state index is 13.0. The Labute approximate surface area is 114 Å². The molecule has 0 fully saturated rings. The summed E-state index contributed by atoms with van der Waals surface area (Å²) in [5.74, 6) is -1.51. The second kappa shape index (κ2) is 6.43. The average molecular weight is 313 g/mol. The highest BCUT2D eigenvalue weighted by molar-refractivity contribution is 7.91. The van der Waals surface area contributed by atoms with E-state index in [0.29, 0.717) is 18.6 Å². The average Bonchev–Trinajstić information content (AvgIpc) is 2.29. The molecule has 0 aliphatic heterocycles. The summed E-state index contributed by atoms with van der Waals surface area (Å²) in [4.78, 5) is 0. The predicted molar refractivity (Wildman–Crippen MR) is 68.8 cm³/mol. The Morgan fingerprint density at radius 1 is 1.20 bits per heavy atom. The molecule has 1 rings (SSSR count). The summed E-state index contributed by atoms with van der Waals surface area (Å²) in [6.45, 7) is 1.70. The molecular formula is C12H15F4NO2S. The lowest BCUT2D eigenvalue weighted by Crippen LogP contribution is -2.18. The molecule has 0 saturated carbocycles. The zero-order chi connectivity index (χ0) is 15.4. The summed E-state index contributed by atoms with van der Waals surface area (Å²) in [6.07, 6.45) is -4.30.